The van der Waals surface area contributed by atoms with Crippen LogP contribution < -0.4 is 4.74 Å². The van der Waals surface area contributed by atoms with Crippen molar-refractivity contribution in [1.29, 1.82) is 0 Å². The lowest BCUT2D eigenvalue weighted by Crippen LogP contribution is -1.83. The average molecular weight is 235 g/mol. The predicted octanol–water partition coefficient (Wildman–Crippen LogP) is 3.55. The van der Waals surface area contributed by atoms with Crippen LogP contribution in [0, 0.1) is 3.82 Å². The van der Waals surface area contributed by atoms with Crippen molar-refractivity contribution in [2.24, 2.45) is 0 Å². The average Bonchev–Trinajstić information content (AvgIpc) is 2.29. The van der Waals surface area contributed by atoms with Crippen molar-refractivity contribution in [3.05, 3.63) is 40.4 Å². The second-order valence-electron chi connectivity index (χ2n) is 2.90. The quantitative estimate of drug-likeness (QED) is 0.743. The molecule has 0 atom stereocenters. The number of hydrogen-bond donors (Lipinski definition) is 0. The number of aromatic nitrogens is 1. The first-order valence-electron chi connectivity index (χ1n) is 4.40. The summed E-state index contributed by atoms with van der Waals surface area (Å²) >= 11 is 6.61. The molecule has 0 radical (unpaired) electrons. The summed E-state index contributed by atoms with van der Waals surface area (Å²) < 4.78 is 5.93. The van der Waals surface area contributed by atoms with Gasteiger partial charge in [0.2, 0.25) is 0 Å². The monoisotopic (exact) mass is 235 g/mol. The maximum atomic E-state index is 5.10. The fourth-order valence-corrected chi connectivity index (χ4v) is 2.17. The van der Waals surface area contributed by atoms with E-state index in [1.54, 1.807) is 13.3 Å². The molecule has 0 aliphatic heterocycles. The topological polar surface area (TPSA) is 22.1 Å². The minimum Gasteiger partial charge on any atom is -0.497 e. The fraction of sp³-hybridized carbons (Fsp3) is 0.0909. The lowest BCUT2D eigenvalue weighted by atomic mass is 10.2. The first kappa shape index (κ1) is 10.3. The highest BCUT2D eigenvalue weighted by Crippen LogP contribution is 2.23. The van der Waals surface area contributed by atoms with E-state index in [0.717, 1.165) is 20.1 Å². The van der Waals surface area contributed by atoms with Gasteiger partial charge >= 0.3 is 0 Å². The normalized spacial score (nSPS) is 9.93. The molecule has 1 aromatic heterocycles. The number of nitrogens with zero attached hydrogens (tertiary/aromatic N) is 1. The summed E-state index contributed by atoms with van der Waals surface area (Å²) in [5.74, 6) is 0.846. The second kappa shape index (κ2) is 4.51. The third-order valence-electron chi connectivity index (χ3n) is 1.94. The minimum atomic E-state index is 0.843. The van der Waals surface area contributed by atoms with Crippen LogP contribution in [-0.4, -0.2) is 12.1 Å². The third kappa shape index (κ3) is 2.40. The number of benzene rings is 1. The van der Waals surface area contributed by atoms with Gasteiger partial charge in [0.05, 0.1) is 10.9 Å². The molecule has 0 unspecified atom stereocenters. The van der Waals surface area contributed by atoms with E-state index < -0.39 is 0 Å². The molecule has 0 saturated carbocycles. The van der Waals surface area contributed by atoms with Crippen LogP contribution in [0.4, 0.5) is 0 Å². The van der Waals surface area contributed by atoms with E-state index in [2.05, 4.69) is 4.98 Å². The van der Waals surface area contributed by atoms with Crippen molar-refractivity contribution in [3.63, 3.8) is 0 Å². The zero-order chi connectivity index (χ0) is 10.7. The van der Waals surface area contributed by atoms with Crippen molar-refractivity contribution < 1.29 is 4.74 Å². The van der Waals surface area contributed by atoms with Crippen LogP contribution in [0.15, 0.2) is 36.5 Å². The molecule has 2 aromatic rings. The molecule has 2 nitrogen and oxygen atoms in total. The summed E-state index contributed by atoms with van der Waals surface area (Å²) in [6, 6.07) is 9.62. The van der Waals surface area contributed by atoms with Crippen molar-refractivity contribution >= 4 is 23.6 Å². The van der Waals surface area contributed by atoms with Crippen molar-refractivity contribution in [2.45, 2.75) is 0 Å². The maximum Gasteiger partial charge on any atom is 0.124 e. The van der Waals surface area contributed by atoms with Crippen LogP contribution in [0.3, 0.4) is 0 Å². The number of methoxy groups -OCH3 is 1. The van der Waals surface area contributed by atoms with Crippen molar-refractivity contribution in [2.75, 3.05) is 7.11 Å². The van der Waals surface area contributed by atoms with Gasteiger partial charge in [0.15, 0.2) is 0 Å². The number of rotatable bonds is 2. The van der Waals surface area contributed by atoms with E-state index in [-0.39, 0.29) is 0 Å². The standard InChI is InChI=1S/C11H9NOS2/c1-13-9-4-2-8(3-5-9)11-12-7-6-10(14)15-11/h2-7H,1H3. The van der Waals surface area contributed by atoms with Gasteiger partial charge < -0.3 is 4.74 Å². The second-order valence-corrected chi connectivity index (χ2v) is 4.63. The van der Waals surface area contributed by atoms with Crippen LogP contribution in [0.5, 0.6) is 5.75 Å². The molecule has 15 heavy (non-hydrogen) atoms. The lowest BCUT2D eigenvalue weighted by Gasteiger charge is -2.01. The minimum absolute atomic E-state index is 0.843. The number of ether oxygens (including phenoxy) is 1. The molecule has 0 spiro atoms. The van der Waals surface area contributed by atoms with Crippen LogP contribution in [0.2, 0.25) is 0 Å². The van der Waals surface area contributed by atoms with Gasteiger partial charge in [-0.1, -0.05) is 12.2 Å². The van der Waals surface area contributed by atoms with Gasteiger partial charge in [-0.2, -0.15) is 0 Å². The molecule has 0 saturated heterocycles. The predicted molar refractivity (Wildman–Crippen MR) is 64.9 cm³/mol. The molecule has 76 valence electrons. The summed E-state index contributed by atoms with van der Waals surface area (Å²) in [6.07, 6.45) is 1.73. The van der Waals surface area contributed by atoms with E-state index in [9.17, 15) is 0 Å². The summed E-state index contributed by atoms with van der Waals surface area (Å²) in [7, 11) is 1.65. The Morgan fingerprint density at radius 3 is 2.53 bits per heavy atom. The van der Waals surface area contributed by atoms with Gasteiger partial charge in [-0.25, -0.2) is 4.98 Å². The molecule has 0 aliphatic rings. The zero-order valence-electron chi connectivity index (χ0n) is 8.14. The Kier molecular flexibility index (Phi) is 3.08. The first-order valence-corrected chi connectivity index (χ1v) is 5.62. The van der Waals surface area contributed by atoms with Crippen LogP contribution in [0.25, 0.3) is 10.6 Å². The van der Waals surface area contributed by atoms with Crippen LogP contribution in [0.1, 0.15) is 0 Å². The summed E-state index contributed by atoms with van der Waals surface area (Å²) in [5, 5.41) is 0.935. The molecule has 1 aromatic carbocycles. The Morgan fingerprint density at radius 2 is 1.93 bits per heavy atom. The molecule has 0 fully saturated rings. The summed E-state index contributed by atoms with van der Waals surface area (Å²) in [5.41, 5.74) is 1.06. The Balaban J connectivity index is 2.41. The van der Waals surface area contributed by atoms with Crippen LogP contribution in [-0.2, 0) is 0 Å². The van der Waals surface area contributed by atoms with E-state index in [0.29, 0.717) is 0 Å². The zero-order valence-corrected chi connectivity index (χ0v) is 9.77. The first-order chi connectivity index (χ1) is 7.29. The smallest absolute Gasteiger partial charge is 0.124 e. The molecular weight excluding hydrogens is 226 g/mol. The van der Waals surface area contributed by atoms with Gasteiger partial charge in [-0.15, -0.1) is 11.3 Å². The SMILES string of the molecule is COc1ccc(-c2nccc(=S)s2)cc1. The number of hydrogen-bond acceptors (Lipinski definition) is 4. The van der Waals surface area contributed by atoms with Crippen molar-refractivity contribution in [3.8, 4) is 16.3 Å². The molecule has 0 bridgehead atoms. The highest BCUT2D eigenvalue weighted by Gasteiger charge is 1.99. The maximum absolute atomic E-state index is 5.10. The Bertz CT molecular complexity index is 504. The molecular formula is C11H9NOS2. The Morgan fingerprint density at radius 1 is 1.20 bits per heavy atom. The highest BCUT2D eigenvalue weighted by molar-refractivity contribution is 7.73. The van der Waals surface area contributed by atoms with Crippen LogP contribution >= 0.6 is 23.6 Å². The summed E-state index contributed by atoms with van der Waals surface area (Å²) in [6.45, 7) is 0. The fourth-order valence-electron chi connectivity index (χ4n) is 1.19. The lowest BCUT2D eigenvalue weighted by molar-refractivity contribution is 0.415. The molecule has 2 rings (SSSR count). The molecule has 4 heteroatoms. The molecule has 0 N–H and O–H groups in total. The molecule has 0 aliphatic carbocycles. The third-order valence-corrected chi connectivity index (χ3v) is 3.19. The van der Waals surface area contributed by atoms with Gasteiger partial charge in [0.25, 0.3) is 0 Å². The highest BCUT2D eigenvalue weighted by atomic mass is 32.1. The molecule has 1 heterocycles. The largest absolute Gasteiger partial charge is 0.497 e. The van der Waals surface area contributed by atoms with E-state index in [4.69, 9.17) is 17.0 Å². The van der Waals surface area contributed by atoms with Gasteiger partial charge in [-0.05, 0) is 30.3 Å². The van der Waals surface area contributed by atoms with E-state index in [1.165, 1.54) is 11.3 Å². The Hall–Kier alpha value is -1.26. The van der Waals surface area contributed by atoms with Gasteiger partial charge in [-0.3, -0.25) is 0 Å². The van der Waals surface area contributed by atoms with E-state index >= 15 is 0 Å². The molecule has 0 amide bonds. The van der Waals surface area contributed by atoms with Crippen molar-refractivity contribution in [1.82, 2.24) is 4.98 Å². The van der Waals surface area contributed by atoms with Gasteiger partial charge in [0.1, 0.15) is 10.8 Å². The van der Waals surface area contributed by atoms with E-state index in [1.807, 2.05) is 30.3 Å². The Labute approximate surface area is 97.2 Å². The van der Waals surface area contributed by atoms with Gasteiger partial charge in [0, 0.05) is 11.8 Å². The summed E-state index contributed by atoms with van der Waals surface area (Å²) in [4.78, 5) is 4.28.